The van der Waals surface area contributed by atoms with Gasteiger partial charge in [0.15, 0.2) is 15.6 Å². The van der Waals surface area contributed by atoms with Gasteiger partial charge in [0.2, 0.25) is 5.78 Å². The van der Waals surface area contributed by atoms with Crippen LogP contribution in [0.15, 0.2) is 33.7 Å². The summed E-state index contributed by atoms with van der Waals surface area (Å²) in [5.41, 5.74) is -0.803. The van der Waals surface area contributed by atoms with Crippen molar-refractivity contribution in [3.05, 3.63) is 50.6 Å². The number of allylic oxidation sites excluding steroid dienone is 1. The van der Waals surface area contributed by atoms with Gasteiger partial charge in [0.05, 0.1) is 29.3 Å². The van der Waals surface area contributed by atoms with Gasteiger partial charge in [-0.3, -0.25) is 9.59 Å². The predicted octanol–water partition coefficient (Wildman–Crippen LogP) is 1.16. The second-order valence-electron chi connectivity index (χ2n) is 7.17. The number of benzene rings is 1. The number of sulfone groups is 1. The Kier molecular flexibility index (Phi) is 6.46. The summed E-state index contributed by atoms with van der Waals surface area (Å²) in [6, 6.07) is 2.48. The third kappa shape index (κ3) is 4.77. The van der Waals surface area contributed by atoms with Crippen LogP contribution in [0.2, 0.25) is 5.02 Å². The molecular formula is C19H21ClN4O6S. The second kappa shape index (κ2) is 8.75. The summed E-state index contributed by atoms with van der Waals surface area (Å²) >= 11 is 6.47. The molecule has 0 unspecified atom stereocenters. The fraction of sp³-hybridized carbons (Fsp3) is 0.421. The van der Waals surface area contributed by atoms with E-state index in [2.05, 4.69) is 10.4 Å². The van der Waals surface area contributed by atoms with E-state index in [0.29, 0.717) is 12.8 Å². The number of aryl methyl sites for hydroxylation is 1. The minimum atomic E-state index is -3.75. The Labute approximate surface area is 183 Å². The maximum Gasteiger partial charge on any atom is 0.363 e. The maximum absolute atomic E-state index is 13.2. The summed E-state index contributed by atoms with van der Waals surface area (Å²) in [5.74, 6) is -1.25. The fourth-order valence-electron chi connectivity index (χ4n) is 2.98. The molecule has 1 aromatic carbocycles. The molecule has 2 aromatic rings. The van der Waals surface area contributed by atoms with Crippen LogP contribution in [-0.2, 0) is 33.0 Å². The number of ether oxygens (including phenoxy) is 1. The summed E-state index contributed by atoms with van der Waals surface area (Å²) in [4.78, 5) is 37.8. The molecule has 0 saturated heterocycles. The van der Waals surface area contributed by atoms with Gasteiger partial charge in [-0.2, -0.15) is 9.36 Å². The highest BCUT2D eigenvalue weighted by molar-refractivity contribution is 7.90. The fourth-order valence-corrected chi connectivity index (χ4v) is 4.27. The number of carbonyl (C=O) groups excluding carboxylic acids is 2. The summed E-state index contributed by atoms with van der Waals surface area (Å²) in [5, 5.41) is 7.08. The monoisotopic (exact) mass is 468 g/mol. The van der Waals surface area contributed by atoms with Crippen LogP contribution in [0.25, 0.3) is 0 Å². The summed E-state index contributed by atoms with van der Waals surface area (Å²) in [6.45, 7) is 1.65. The summed E-state index contributed by atoms with van der Waals surface area (Å²) in [6.07, 6.45) is 3.49. The van der Waals surface area contributed by atoms with Gasteiger partial charge in [0, 0.05) is 30.3 Å². The Hall–Kier alpha value is -2.79. The number of Topliss-reactive ketones (excluding diaryl/α,β-unsaturated/α-hetero) is 2. The van der Waals surface area contributed by atoms with Gasteiger partial charge in [0.25, 0.3) is 0 Å². The molecule has 0 aliphatic heterocycles. The number of hydrogen-bond acceptors (Lipinski definition) is 8. The van der Waals surface area contributed by atoms with Gasteiger partial charge in [-0.1, -0.05) is 11.6 Å². The highest BCUT2D eigenvalue weighted by atomic mass is 35.5. The first kappa shape index (κ1) is 22.9. The Morgan fingerprint density at radius 2 is 1.97 bits per heavy atom. The van der Waals surface area contributed by atoms with Gasteiger partial charge in [-0.15, -0.1) is 0 Å². The van der Waals surface area contributed by atoms with E-state index >= 15 is 0 Å². The lowest BCUT2D eigenvalue weighted by Gasteiger charge is -2.14. The highest BCUT2D eigenvalue weighted by Gasteiger charge is 2.36. The Balaban J connectivity index is 2.12. The van der Waals surface area contributed by atoms with E-state index in [1.165, 1.54) is 19.2 Å². The molecule has 0 bridgehead atoms. The van der Waals surface area contributed by atoms with Crippen LogP contribution in [0.1, 0.15) is 35.7 Å². The van der Waals surface area contributed by atoms with Crippen LogP contribution < -0.4 is 5.69 Å². The number of carbonyl (C=O) groups is 2. The molecule has 1 aromatic heterocycles. The lowest BCUT2D eigenvalue weighted by atomic mass is 9.97. The van der Waals surface area contributed by atoms with Gasteiger partial charge in [0.1, 0.15) is 5.57 Å². The second-order valence-corrected chi connectivity index (χ2v) is 9.54. The molecule has 0 spiro atoms. The van der Waals surface area contributed by atoms with Crippen molar-refractivity contribution < 1.29 is 22.7 Å². The molecule has 1 heterocycles. The summed E-state index contributed by atoms with van der Waals surface area (Å²) < 4.78 is 31.7. The van der Waals surface area contributed by atoms with Crippen molar-refractivity contribution in [1.29, 1.82) is 0 Å². The van der Waals surface area contributed by atoms with E-state index in [0.717, 1.165) is 21.9 Å². The molecule has 1 aliphatic rings. The third-order valence-corrected chi connectivity index (χ3v) is 6.37. The molecule has 0 N–H and O–H groups in total. The molecule has 10 nitrogen and oxygen atoms in total. The molecule has 166 valence electrons. The van der Waals surface area contributed by atoms with Crippen molar-refractivity contribution in [2.24, 2.45) is 13.0 Å². The maximum atomic E-state index is 13.2. The summed E-state index contributed by atoms with van der Waals surface area (Å²) in [7, 11) is -2.36. The molecule has 1 saturated carbocycles. The Bertz CT molecular complexity index is 1240. The Morgan fingerprint density at radius 3 is 2.48 bits per heavy atom. The molecule has 0 amide bonds. The topological polar surface area (TPSA) is 130 Å². The smallest absolute Gasteiger partial charge is 0.363 e. The SMILES string of the molecule is CCOC=C(C(=O)c1ccc(S(C)(=O)=O)c(Cn2nnn(C)c2=O)c1Cl)C(=O)C1CC1. The number of ketones is 2. The number of nitrogens with zero attached hydrogens (tertiary/aromatic N) is 4. The molecule has 0 atom stereocenters. The first-order valence-corrected chi connectivity index (χ1v) is 11.7. The van der Waals surface area contributed by atoms with Gasteiger partial charge >= 0.3 is 5.69 Å². The van der Waals surface area contributed by atoms with E-state index in [1.807, 2.05) is 0 Å². The largest absolute Gasteiger partial charge is 0.501 e. The van der Waals surface area contributed by atoms with Crippen LogP contribution in [-0.4, -0.2) is 52.6 Å². The van der Waals surface area contributed by atoms with Crippen molar-refractivity contribution in [3.8, 4) is 0 Å². The van der Waals surface area contributed by atoms with Crippen LogP contribution in [0.4, 0.5) is 0 Å². The van der Waals surface area contributed by atoms with Crippen LogP contribution in [0, 0.1) is 5.92 Å². The van der Waals surface area contributed by atoms with Crippen molar-refractivity contribution >= 4 is 33.0 Å². The molecule has 1 fully saturated rings. The molecule has 31 heavy (non-hydrogen) atoms. The molecular weight excluding hydrogens is 448 g/mol. The lowest BCUT2D eigenvalue weighted by molar-refractivity contribution is -0.116. The van der Waals surface area contributed by atoms with Gasteiger partial charge < -0.3 is 4.74 Å². The van der Waals surface area contributed by atoms with Gasteiger partial charge in [-0.05, 0) is 42.3 Å². The third-order valence-electron chi connectivity index (χ3n) is 4.76. The van der Waals surface area contributed by atoms with Crippen LogP contribution >= 0.6 is 11.6 Å². The number of tetrazole rings is 1. The molecule has 3 rings (SSSR count). The number of rotatable bonds is 9. The highest BCUT2D eigenvalue weighted by Crippen LogP contribution is 2.35. The van der Waals surface area contributed by atoms with Crippen LogP contribution in [0.5, 0.6) is 0 Å². The predicted molar refractivity (Wildman–Crippen MR) is 111 cm³/mol. The molecule has 0 radical (unpaired) electrons. The van der Waals surface area contributed by atoms with Crippen molar-refractivity contribution in [2.75, 3.05) is 12.9 Å². The van der Waals surface area contributed by atoms with E-state index in [4.69, 9.17) is 16.3 Å². The number of halogens is 1. The zero-order valence-corrected chi connectivity index (χ0v) is 18.7. The number of aromatic nitrogens is 4. The first-order chi connectivity index (χ1) is 14.6. The number of hydrogen-bond donors (Lipinski definition) is 0. The van der Waals surface area contributed by atoms with Crippen molar-refractivity contribution in [1.82, 2.24) is 19.8 Å². The first-order valence-electron chi connectivity index (χ1n) is 9.45. The minimum absolute atomic E-state index is 0.00671. The lowest BCUT2D eigenvalue weighted by Crippen LogP contribution is -2.25. The van der Waals surface area contributed by atoms with E-state index < -0.39 is 21.3 Å². The zero-order chi connectivity index (χ0) is 22.9. The average Bonchev–Trinajstić information content (AvgIpc) is 3.51. The Morgan fingerprint density at radius 1 is 1.29 bits per heavy atom. The molecule has 12 heteroatoms. The average molecular weight is 469 g/mol. The zero-order valence-electron chi connectivity index (χ0n) is 17.2. The molecule has 1 aliphatic carbocycles. The minimum Gasteiger partial charge on any atom is -0.501 e. The van der Waals surface area contributed by atoms with E-state index in [1.54, 1.807) is 6.92 Å². The van der Waals surface area contributed by atoms with Crippen LogP contribution in [0.3, 0.4) is 0 Å². The quantitative estimate of drug-likeness (QED) is 0.176. The van der Waals surface area contributed by atoms with E-state index in [9.17, 15) is 22.8 Å². The van der Waals surface area contributed by atoms with E-state index in [-0.39, 0.29) is 51.5 Å². The van der Waals surface area contributed by atoms with Crippen molar-refractivity contribution in [3.63, 3.8) is 0 Å². The standard InChI is InChI=1S/C19H21ClN4O6S/c1-4-30-10-14(17(25)11-5-6-11)18(26)12-7-8-15(31(3,28)29)13(16(12)20)9-24-19(27)23(2)21-22-24/h7-8,10-11H,4-6,9H2,1-3H3. The van der Waals surface area contributed by atoms with Gasteiger partial charge in [-0.25, -0.2) is 13.2 Å². The van der Waals surface area contributed by atoms with Crippen molar-refractivity contribution in [2.45, 2.75) is 31.2 Å². The normalized spacial score (nSPS) is 14.5.